The van der Waals surface area contributed by atoms with Crippen LogP contribution in [0.5, 0.6) is 0 Å². The molecule has 26 heavy (non-hydrogen) atoms. The number of carbonyl (C=O) groups is 3. The van der Waals surface area contributed by atoms with Gasteiger partial charge in [-0.05, 0) is 37.1 Å². The molecular weight excluding hydrogens is 343 g/mol. The lowest BCUT2D eigenvalue weighted by Crippen LogP contribution is -2.51. The van der Waals surface area contributed by atoms with Gasteiger partial charge in [0.25, 0.3) is 5.91 Å². The number of rotatable bonds is 5. The van der Waals surface area contributed by atoms with E-state index in [1.165, 1.54) is 24.0 Å². The monoisotopic (exact) mass is 366 g/mol. The molecule has 0 radical (unpaired) electrons. The molecule has 1 aromatic rings. The molecule has 0 aliphatic carbocycles. The SMILES string of the molecule is CC(=O)N(CC(=O)O)CC1CN(C(=O)c2cc(C)c(F)c(C)c2)CCO1. The zero-order valence-corrected chi connectivity index (χ0v) is 15.1. The lowest BCUT2D eigenvalue weighted by molar-refractivity contribution is -0.145. The minimum absolute atomic E-state index is 0.0902. The number of hydrogen-bond donors (Lipinski definition) is 1. The summed E-state index contributed by atoms with van der Waals surface area (Å²) in [5.74, 6) is -2.05. The predicted octanol–water partition coefficient (Wildman–Crippen LogP) is 1.22. The number of hydrogen-bond acceptors (Lipinski definition) is 4. The zero-order chi connectivity index (χ0) is 19.4. The van der Waals surface area contributed by atoms with Crippen LogP contribution >= 0.6 is 0 Å². The number of ether oxygens (including phenoxy) is 1. The van der Waals surface area contributed by atoms with Crippen LogP contribution in [-0.2, 0) is 14.3 Å². The molecular formula is C18H23FN2O5. The number of amides is 2. The highest BCUT2D eigenvalue weighted by molar-refractivity contribution is 5.94. The highest BCUT2D eigenvalue weighted by atomic mass is 19.1. The van der Waals surface area contributed by atoms with Crippen LogP contribution in [0.15, 0.2) is 12.1 Å². The van der Waals surface area contributed by atoms with Gasteiger partial charge in [0.05, 0.1) is 12.7 Å². The first-order chi connectivity index (χ1) is 12.2. The summed E-state index contributed by atoms with van der Waals surface area (Å²) < 4.78 is 19.4. The molecule has 0 saturated carbocycles. The average molecular weight is 366 g/mol. The summed E-state index contributed by atoms with van der Waals surface area (Å²) in [7, 11) is 0. The first-order valence-electron chi connectivity index (χ1n) is 8.34. The van der Waals surface area contributed by atoms with Crippen molar-refractivity contribution in [1.82, 2.24) is 9.80 Å². The second-order valence-electron chi connectivity index (χ2n) is 6.46. The summed E-state index contributed by atoms with van der Waals surface area (Å²) in [4.78, 5) is 38.0. The highest BCUT2D eigenvalue weighted by Crippen LogP contribution is 2.18. The smallest absolute Gasteiger partial charge is 0.323 e. The number of benzene rings is 1. The molecule has 1 heterocycles. The fraction of sp³-hybridized carbons (Fsp3) is 0.500. The van der Waals surface area contributed by atoms with Crippen molar-refractivity contribution < 1.29 is 28.6 Å². The number of carbonyl (C=O) groups excluding carboxylic acids is 2. The number of aliphatic carboxylic acids is 1. The molecule has 1 N–H and O–H groups in total. The van der Waals surface area contributed by atoms with E-state index in [0.29, 0.717) is 23.2 Å². The Kier molecular flexibility index (Phi) is 6.31. The van der Waals surface area contributed by atoms with Gasteiger partial charge >= 0.3 is 5.97 Å². The highest BCUT2D eigenvalue weighted by Gasteiger charge is 2.28. The van der Waals surface area contributed by atoms with Crippen LogP contribution in [0.4, 0.5) is 4.39 Å². The third-order valence-electron chi connectivity index (χ3n) is 4.30. The Morgan fingerprint density at radius 2 is 1.92 bits per heavy atom. The van der Waals surface area contributed by atoms with Crippen molar-refractivity contribution in [2.75, 3.05) is 32.8 Å². The second kappa shape index (κ2) is 8.27. The van der Waals surface area contributed by atoms with Crippen LogP contribution in [-0.4, -0.2) is 71.6 Å². The Morgan fingerprint density at radius 1 is 1.31 bits per heavy atom. The Morgan fingerprint density at radius 3 is 2.46 bits per heavy atom. The van der Waals surface area contributed by atoms with Crippen LogP contribution < -0.4 is 0 Å². The van der Waals surface area contributed by atoms with Gasteiger partial charge in [0.15, 0.2) is 0 Å². The predicted molar refractivity (Wildman–Crippen MR) is 91.4 cm³/mol. The molecule has 2 amide bonds. The Balaban J connectivity index is 2.08. The molecule has 0 spiro atoms. The summed E-state index contributed by atoms with van der Waals surface area (Å²) in [5.41, 5.74) is 1.21. The average Bonchev–Trinajstić information content (AvgIpc) is 2.57. The molecule has 1 saturated heterocycles. The molecule has 0 aromatic heterocycles. The molecule has 7 nitrogen and oxygen atoms in total. The number of carboxylic acid groups (broad SMARTS) is 1. The van der Waals surface area contributed by atoms with Gasteiger partial charge in [-0.25, -0.2) is 4.39 Å². The largest absolute Gasteiger partial charge is 0.480 e. The molecule has 1 fully saturated rings. The van der Waals surface area contributed by atoms with Crippen molar-refractivity contribution >= 4 is 17.8 Å². The van der Waals surface area contributed by atoms with E-state index >= 15 is 0 Å². The van der Waals surface area contributed by atoms with Crippen molar-refractivity contribution in [3.63, 3.8) is 0 Å². The van der Waals surface area contributed by atoms with Crippen LogP contribution in [0.3, 0.4) is 0 Å². The Bertz CT molecular complexity index is 699. The van der Waals surface area contributed by atoms with Gasteiger partial charge in [0.2, 0.25) is 5.91 Å². The maximum absolute atomic E-state index is 13.8. The number of nitrogens with zero attached hydrogens (tertiary/aromatic N) is 2. The lowest BCUT2D eigenvalue weighted by Gasteiger charge is -2.35. The number of carboxylic acids is 1. The van der Waals surface area contributed by atoms with Crippen molar-refractivity contribution in [3.05, 3.63) is 34.6 Å². The summed E-state index contributed by atoms with van der Waals surface area (Å²) in [6.07, 6.45) is -0.474. The normalized spacial score (nSPS) is 17.1. The molecule has 142 valence electrons. The van der Waals surface area contributed by atoms with Crippen LogP contribution in [0, 0.1) is 19.7 Å². The molecule has 1 aromatic carbocycles. The maximum atomic E-state index is 13.8. The van der Waals surface area contributed by atoms with Gasteiger partial charge in [-0.3, -0.25) is 14.4 Å². The van der Waals surface area contributed by atoms with Gasteiger partial charge < -0.3 is 19.6 Å². The molecule has 2 rings (SSSR count). The maximum Gasteiger partial charge on any atom is 0.323 e. The first kappa shape index (κ1) is 19.8. The van der Waals surface area contributed by atoms with E-state index in [-0.39, 0.29) is 37.3 Å². The van der Waals surface area contributed by atoms with Gasteiger partial charge in [0, 0.05) is 32.1 Å². The van der Waals surface area contributed by atoms with Crippen molar-refractivity contribution in [2.45, 2.75) is 26.9 Å². The van der Waals surface area contributed by atoms with Gasteiger partial charge in [-0.1, -0.05) is 0 Å². The molecule has 1 unspecified atom stereocenters. The van der Waals surface area contributed by atoms with Crippen LogP contribution in [0.1, 0.15) is 28.4 Å². The van der Waals surface area contributed by atoms with Crippen molar-refractivity contribution in [2.24, 2.45) is 0 Å². The van der Waals surface area contributed by atoms with E-state index < -0.39 is 18.6 Å². The second-order valence-corrected chi connectivity index (χ2v) is 6.46. The topological polar surface area (TPSA) is 87.2 Å². The quantitative estimate of drug-likeness (QED) is 0.847. The van der Waals surface area contributed by atoms with E-state index in [0.717, 1.165) is 0 Å². The van der Waals surface area contributed by atoms with E-state index in [1.54, 1.807) is 18.7 Å². The standard InChI is InChI=1S/C18H23FN2O5/c1-11-6-14(7-12(2)17(11)19)18(25)20-4-5-26-15(8-20)9-21(13(3)22)10-16(23)24/h6-7,15H,4-5,8-10H2,1-3H3,(H,23,24). The van der Waals surface area contributed by atoms with E-state index in [9.17, 15) is 18.8 Å². The molecule has 1 atom stereocenters. The molecule has 8 heteroatoms. The van der Waals surface area contributed by atoms with Gasteiger partial charge in [0.1, 0.15) is 12.4 Å². The third-order valence-corrected chi connectivity index (χ3v) is 4.30. The molecule has 1 aliphatic rings. The number of aryl methyl sites for hydroxylation is 2. The molecule has 1 aliphatic heterocycles. The molecule has 0 bridgehead atoms. The minimum Gasteiger partial charge on any atom is -0.480 e. The number of morpholine rings is 1. The zero-order valence-electron chi connectivity index (χ0n) is 15.1. The number of halogens is 1. The van der Waals surface area contributed by atoms with Crippen LogP contribution in [0.25, 0.3) is 0 Å². The van der Waals surface area contributed by atoms with Gasteiger partial charge in [-0.15, -0.1) is 0 Å². The van der Waals surface area contributed by atoms with E-state index in [4.69, 9.17) is 9.84 Å². The lowest BCUT2D eigenvalue weighted by atomic mass is 10.0. The summed E-state index contributed by atoms with van der Waals surface area (Å²) in [6.45, 7) is 5.08. The summed E-state index contributed by atoms with van der Waals surface area (Å²) in [5, 5.41) is 8.90. The summed E-state index contributed by atoms with van der Waals surface area (Å²) in [6, 6.07) is 3.03. The first-order valence-corrected chi connectivity index (χ1v) is 8.34. The van der Waals surface area contributed by atoms with Crippen molar-refractivity contribution in [3.8, 4) is 0 Å². The van der Waals surface area contributed by atoms with Crippen molar-refractivity contribution in [1.29, 1.82) is 0 Å². The van der Waals surface area contributed by atoms with Gasteiger partial charge in [-0.2, -0.15) is 0 Å². The van der Waals surface area contributed by atoms with Crippen LogP contribution in [0.2, 0.25) is 0 Å². The van der Waals surface area contributed by atoms with E-state index in [2.05, 4.69) is 0 Å². The van der Waals surface area contributed by atoms with E-state index in [1.807, 2.05) is 0 Å². The Labute approximate surface area is 151 Å². The Hall–Kier alpha value is -2.48. The fourth-order valence-electron chi connectivity index (χ4n) is 2.98. The minimum atomic E-state index is -1.11. The fourth-order valence-corrected chi connectivity index (χ4v) is 2.98. The third kappa shape index (κ3) is 4.78. The summed E-state index contributed by atoms with van der Waals surface area (Å²) >= 11 is 0.